The molecule has 0 aliphatic heterocycles. The van der Waals surface area contributed by atoms with Crippen molar-refractivity contribution in [2.75, 3.05) is 0 Å². The summed E-state index contributed by atoms with van der Waals surface area (Å²) in [4.78, 5) is -0.0762. The fourth-order valence-corrected chi connectivity index (χ4v) is 13.5. The second-order valence-corrected chi connectivity index (χ2v) is 27.0. The van der Waals surface area contributed by atoms with Crippen molar-refractivity contribution >= 4 is 79.5 Å². The Labute approximate surface area is 529 Å². The molecule has 0 bridgehead atoms. The van der Waals surface area contributed by atoms with Gasteiger partial charge in [-0.1, -0.05) is 333 Å². The van der Waals surface area contributed by atoms with Gasteiger partial charge in [-0.25, -0.2) is 16.8 Å². The molecule has 0 atom stereocenters. The van der Waals surface area contributed by atoms with Crippen LogP contribution in [-0.4, -0.2) is 63.7 Å². The minimum absolute atomic E-state index is 0. The number of hydrogen-bond donors (Lipinski definition) is 0. The van der Waals surface area contributed by atoms with Crippen LogP contribution in [0.4, 0.5) is 0 Å². The molecule has 0 amide bonds. The van der Waals surface area contributed by atoms with Gasteiger partial charge in [0, 0.05) is 0 Å². The fraction of sp³-hybridized carbons (Fsp3) is 0.722. The van der Waals surface area contributed by atoms with Gasteiger partial charge >= 0.3 is 37.7 Å². The van der Waals surface area contributed by atoms with E-state index in [9.17, 15) is 25.9 Å². The maximum Gasteiger partial charge on any atom is 2.00 e. The second kappa shape index (κ2) is 48.6. The molecule has 0 aromatic heterocycles. The number of fused-ring (bicyclic) bond motifs is 2. The van der Waals surface area contributed by atoms with Crippen molar-refractivity contribution in [3.8, 4) is 0 Å². The van der Waals surface area contributed by atoms with E-state index in [2.05, 4.69) is 52.0 Å². The maximum atomic E-state index is 12.2. The second-order valence-electron chi connectivity index (χ2n) is 24.3. The number of rotatable bonds is 50. The molecule has 0 spiro atoms. The van der Waals surface area contributed by atoms with Gasteiger partial charge in [0.25, 0.3) is 0 Å². The molecule has 0 unspecified atom stereocenters. The van der Waals surface area contributed by atoms with E-state index in [0.717, 1.165) is 86.1 Å². The molecule has 4 aromatic carbocycles. The number of aryl methyl sites for hydroxylation is 4. The van der Waals surface area contributed by atoms with Crippen molar-refractivity contribution in [2.24, 2.45) is 0 Å². The third-order valence-corrected chi connectivity index (χ3v) is 18.7. The van der Waals surface area contributed by atoms with Crippen LogP contribution in [0.1, 0.15) is 332 Å². The smallest absolute Gasteiger partial charge is 0.744 e. The average molecular weight is 1180 g/mol. The van der Waals surface area contributed by atoms with Gasteiger partial charge in [0.15, 0.2) is 0 Å². The van der Waals surface area contributed by atoms with Crippen LogP contribution in [0.5, 0.6) is 0 Å². The van der Waals surface area contributed by atoms with Crippen LogP contribution in [0.3, 0.4) is 0 Å². The molecular formula is C72H118CaO6S2. The zero-order valence-corrected chi connectivity index (χ0v) is 56.5. The maximum absolute atomic E-state index is 12.2. The monoisotopic (exact) mass is 1180 g/mol. The molecule has 4 rings (SSSR count). The van der Waals surface area contributed by atoms with Crippen LogP contribution in [0.2, 0.25) is 0 Å². The summed E-state index contributed by atoms with van der Waals surface area (Å²) in [6, 6.07) is 19.3. The van der Waals surface area contributed by atoms with Gasteiger partial charge in [-0.3, -0.25) is 0 Å². The molecule has 6 nitrogen and oxygen atoms in total. The molecule has 9 heteroatoms. The van der Waals surface area contributed by atoms with Crippen molar-refractivity contribution in [2.45, 2.75) is 346 Å². The van der Waals surface area contributed by atoms with E-state index < -0.39 is 20.2 Å². The van der Waals surface area contributed by atoms with Crippen molar-refractivity contribution in [1.82, 2.24) is 0 Å². The van der Waals surface area contributed by atoms with E-state index in [-0.39, 0.29) is 47.5 Å². The summed E-state index contributed by atoms with van der Waals surface area (Å²) in [5.74, 6) is 0. The first-order chi connectivity index (χ1) is 38.9. The molecule has 456 valence electrons. The van der Waals surface area contributed by atoms with Crippen LogP contribution in [0.15, 0.2) is 70.5 Å². The normalized spacial score (nSPS) is 11.8. The van der Waals surface area contributed by atoms with Gasteiger partial charge < -0.3 is 9.11 Å². The SMILES string of the molecule is CCCCCCCCCCCCCc1cc(S(=O)(=O)[O-])c2cccc(CCCCCCCCCCCCC)c2c1.CCCCCCCCCCCCCc1cc(S(=O)(=O)[O-])c2cccc(CCCCCCCCCCCCC)c2c1.[Ca+2]. The molecule has 81 heavy (non-hydrogen) atoms. The van der Waals surface area contributed by atoms with Crippen LogP contribution in [0, 0.1) is 0 Å². The third kappa shape index (κ3) is 35.0. The molecule has 4 aromatic rings. The summed E-state index contributed by atoms with van der Waals surface area (Å²) in [5, 5.41) is 3.12. The van der Waals surface area contributed by atoms with Gasteiger partial charge in [0.2, 0.25) is 0 Å². The summed E-state index contributed by atoms with van der Waals surface area (Å²) < 4.78 is 73.0. The van der Waals surface area contributed by atoms with Crippen molar-refractivity contribution in [3.05, 3.63) is 82.9 Å². The van der Waals surface area contributed by atoms with Crippen LogP contribution < -0.4 is 0 Å². The minimum atomic E-state index is -4.52. The Kier molecular flexibility index (Phi) is 45.3. The summed E-state index contributed by atoms with van der Waals surface area (Å²) in [7, 11) is -9.04. The first-order valence-electron chi connectivity index (χ1n) is 33.9. The molecule has 0 heterocycles. The van der Waals surface area contributed by atoms with Crippen LogP contribution in [-0.2, 0) is 45.9 Å². The summed E-state index contributed by atoms with van der Waals surface area (Å²) in [6.07, 6.45) is 60.8. The van der Waals surface area contributed by atoms with E-state index in [4.69, 9.17) is 0 Å². The average Bonchev–Trinajstić information content (AvgIpc) is 3.60. The molecule has 0 radical (unpaired) electrons. The first-order valence-corrected chi connectivity index (χ1v) is 36.8. The molecule has 0 N–H and O–H groups in total. The van der Waals surface area contributed by atoms with Gasteiger partial charge in [0.05, 0.1) is 9.79 Å². The molecule has 0 aliphatic carbocycles. The molecule has 0 fully saturated rings. The van der Waals surface area contributed by atoms with E-state index in [1.165, 1.54) is 255 Å². The van der Waals surface area contributed by atoms with E-state index in [1.807, 2.05) is 12.1 Å². The predicted octanol–water partition coefficient (Wildman–Crippen LogP) is 22.5. The molecule has 0 aliphatic rings. The van der Waals surface area contributed by atoms with Gasteiger partial charge in [0.1, 0.15) is 20.2 Å². The Morgan fingerprint density at radius 2 is 0.481 bits per heavy atom. The Hall–Kier alpha value is -1.52. The van der Waals surface area contributed by atoms with Crippen molar-refractivity contribution in [3.63, 3.8) is 0 Å². The van der Waals surface area contributed by atoms with Gasteiger partial charge in [-0.2, -0.15) is 0 Å². The number of benzene rings is 4. The summed E-state index contributed by atoms with van der Waals surface area (Å²) >= 11 is 0. The molecule has 0 saturated carbocycles. The largest absolute Gasteiger partial charge is 2.00 e. The van der Waals surface area contributed by atoms with Gasteiger partial charge in [-0.05, 0) is 107 Å². The summed E-state index contributed by atoms with van der Waals surface area (Å²) in [5.41, 5.74) is 4.34. The van der Waals surface area contributed by atoms with E-state index in [0.29, 0.717) is 10.8 Å². The zero-order valence-electron chi connectivity index (χ0n) is 52.7. The third-order valence-electron chi connectivity index (χ3n) is 17.0. The van der Waals surface area contributed by atoms with Crippen molar-refractivity contribution in [1.29, 1.82) is 0 Å². The zero-order chi connectivity index (χ0) is 57.8. The Morgan fingerprint density at radius 3 is 0.704 bits per heavy atom. The fourth-order valence-electron chi connectivity index (χ4n) is 12.0. The Bertz CT molecular complexity index is 2230. The van der Waals surface area contributed by atoms with Crippen molar-refractivity contribution < 1.29 is 25.9 Å². The Morgan fingerprint density at radius 1 is 0.272 bits per heavy atom. The van der Waals surface area contributed by atoms with Crippen LogP contribution >= 0.6 is 0 Å². The quantitative estimate of drug-likeness (QED) is 0.0247. The first kappa shape index (κ1) is 75.6. The van der Waals surface area contributed by atoms with E-state index in [1.54, 1.807) is 24.3 Å². The topological polar surface area (TPSA) is 114 Å². The van der Waals surface area contributed by atoms with Crippen LogP contribution in [0.25, 0.3) is 21.5 Å². The standard InChI is InChI=1S/2C36H60O3S.Ca/c2*1-3-5-7-9-11-13-15-17-19-21-23-26-32-30-35-33(28-25-29-34(35)36(31-32)40(37,38)39)27-24-22-20-18-16-14-12-10-8-6-4-2;/h2*25,28-31H,3-24,26-27H2,1-2H3,(H,37,38,39);/q;;+2/p-2. The molecular weight excluding hydrogens is 1060 g/mol. The van der Waals surface area contributed by atoms with E-state index >= 15 is 0 Å². The Balaban J connectivity index is 0.000000547. The molecule has 0 saturated heterocycles. The van der Waals surface area contributed by atoms with Gasteiger partial charge in [-0.15, -0.1) is 0 Å². The number of unbranched alkanes of at least 4 members (excludes halogenated alkanes) is 40. The summed E-state index contributed by atoms with van der Waals surface area (Å²) in [6.45, 7) is 9.05. The minimum Gasteiger partial charge on any atom is -0.744 e. The predicted molar refractivity (Wildman–Crippen MR) is 350 cm³/mol. The number of hydrogen-bond acceptors (Lipinski definition) is 6.